The number of amides is 2. The highest BCUT2D eigenvalue weighted by Crippen LogP contribution is 2.45. The zero-order valence-corrected chi connectivity index (χ0v) is 56.3. The van der Waals surface area contributed by atoms with Crippen LogP contribution in [0.5, 0.6) is 0 Å². The number of nitrogens with zero attached hydrogens (tertiary/aromatic N) is 9. The number of benzene rings is 4. The van der Waals surface area contributed by atoms with Crippen molar-refractivity contribution in [1.29, 1.82) is 0 Å². The molecule has 6 aromatic rings. The number of hydrogen-bond donors (Lipinski definition) is 3. The minimum Gasteiger partial charge on any atom is -0.480 e. The Morgan fingerprint density at radius 1 is 0.478 bits per heavy atom. The molecule has 6 heterocycles. The first-order valence-electron chi connectivity index (χ1n) is 31.3. The van der Waals surface area contributed by atoms with Crippen LogP contribution in [0.1, 0.15) is 41.5 Å². The van der Waals surface area contributed by atoms with Gasteiger partial charge in [0.2, 0.25) is 5.91 Å². The van der Waals surface area contributed by atoms with Gasteiger partial charge in [-0.3, -0.25) is 18.2 Å². The monoisotopic (exact) mass is 1310 g/mol. The van der Waals surface area contributed by atoms with Gasteiger partial charge in [0, 0.05) is 90.7 Å². The zero-order chi connectivity index (χ0) is 64.5. The number of hydrogen-bond acceptors (Lipinski definition) is 20. The Hall–Kier alpha value is -7.30. The molecule has 1 atom stereocenters. The second-order valence-corrected chi connectivity index (χ2v) is 35.2. The number of methoxy groups -OCH3 is 2. The zero-order valence-electron chi connectivity index (χ0n) is 53.3. The summed E-state index contributed by atoms with van der Waals surface area (Å²) in [4.78, 5) is 72.7. The third-order valence-electron chi connectivity index (χ3n) is 15.7. The second kappa shape index (κ2) is 32.0. The van der Waals surface area contributed by atoms with Crippen molar-refractivity contribution in [2.75, 3.05) is 133 Å². The van der Waals surface area contributed by atoms with Crippen LogP contribution in [-0.2, 0) is 55.7 Å². The average molecular weight is 1310 g/mol. The Labute approximate surface area is 537 Å². The van der Waals surface area contributed by atoms with E-state index in [0.29, 0.717) is 170 Å². The van der Waals surface area contributed by atoms with E-state index in [1.807, 2.05) is 97.1 Å². The summed E-state index contributed by atoms with van der Waals surface area (Å²) in [5, 5.41) is 18.2. The van der Waals surface area contributed by atoms with Gasteiger partial charge in [-0.2, -0.15) is 0 Å². The molecule has 1 unspecified atom stereocenters. The molecule has 2 aromatic heterocycles. The molecule has 10 rings (SSSR count). The second-order valence-electron chi connectivity index (χ2n) is 23.5. The van der Waals surface area contributed by atoms with Crippen LogP contribution in [0.4, 0.5) is 16.4 Å². The molecule has 4 aromatic carbocycles. The molecule has 0 saturated heterocycles. The molecule has 92 heavy (non-hydrogen) atoms. The highest BCUT2D eigenvalue weighted by Gasteiger charge is 2.58. The number of carboxylic acids is 1. The third-order valence-corrected chi connectivity index (χ3v) is 27.3. The van der Waals surface area contributed by atoms with Gasteiger partial charge in [-0.25, -0.2) is 39.5 Å². The molecule has 25 nitrogen and oxygen atoms in total. The fraction of sp³-hybridized carbons (Fsp3) is 0.453. The number of aromatic nitrogens is 2. The fourth-order valence-electron chi connectivity index (χ4n) is 11.3. The van der Waals surface area contributed by atoms with Crippen molar-refractivity contribution in [3.05, 3.63) is 130 Å². The molecule has 0 radical (unpaired) electrons. The molecule has 0 aliphatic carbocycles. The number of alkyl carbamates (subject to hydrolysis) is 1. The van der Waals surface area contributed by atoms with Crippen LogP contribution in [0.15, 0.2) is 127 Å². The molecule has 490 valence electrons. The van der Waals surface area contributed by atoms with Crippen molar-refractivity contribution in [3.8, 4) is 0 Å². The van der Waals surface area contributed by atoms with Crippen molar-refractivity contribution >= 4 is 100 Å². The lowest BCUT2D eigenvalue weighted by Crippen LogP contribution is -2.70. The number of carbonyl (C=O) groups excluding carboxylic acids is 2. The Kier molecular flexibility index (Phi) is 23.5. The van der Waals surface area contributed by atoms with Crippen molar-refractivity contribution in [1.82, 2.24) is 24.0 Å². The predicted octanol–water partition coefficient (Wildman–Crippen LogP) is 6.59. The molecule has 3 N–H and O–H groups in total. The van der Waals surface area contributed by atoms with Crippen molar-refractivity contribution in [2.24, 2.45) is 30.0 Å². The normalized spacial score (nSPS) is 17.3. The summed E-state index contributed by atoms with van der Waals surface area (Å²) < 4.78 is 64.6. The number of rotatable bonds is 38. The third kappa shape index (κ3) is 16.7. The van der Waals surface area contributed by atoms with Gasteiger partial charge in [0.15, 0.2) is 40.0 Å². The quantitative estimate of drug-likeness (QED) is 0.0272. The van der Waals surface area contributed by atoms with Gasteiger partial charge < -0.3 is 61.9 Å². The van der Waals surface area contributed by atoms with Crippen LogP contribution >= 0.6 is 0 Å². The Bertz CT molecular complexity index is 3670. The number of aliphatic imine (C=N–C) groups is 4. The first kappa shape index (κ1) is 67.6. The average Bonchev–Trinajstić information content (AvgIpc) is 1.51. The van der Waals surface area contributed by atoms with E-state index in [1.54, 1.807) is 14.2 Å². The first-order chi connectivity index (χ1) is 44.7. The maximum absolute atomic E-state index is 13.5. The summed E-state index contributed by atoms with van der Waals surface area (Å²) >= 11 is 0. The van der Waals surface area contributed by atoms with Crippen LogP contribution in [0.25, 0.3) is 21.5 Å². The maximum Gasteiger partial charge on any atom is 0.582 e. The minimum atomic E-state index is -4.61. The summed E-state index contributed by atoms with van der Waals surface area (Å²) in [6.07, 6.45) is 1.13. The lowest BCUT2D eigenvalue weighted by Gasteiger charge is -2.43. The number of carboxylic acid groups (broad SMARTS) is 1. The van der Waals surface area contributed by atoms with E-state index in [9.17, 15) is 14.4 Å². The summed E-state index contributed by atoms with van der Waals surface area (Å²) in [5.74, 6) is 1.31. The van der Waals surface area contributed by atoms with Crippen LogP contribution < -0.4 is 21.6 Å². The molecule has 6 bridgehead atoms. The standard InChI is InChI=1S/C64H83N11O14Si3/c1-80-34-36-84-40-38-82-32-29-73(30-33-83-39-41-85-37-35-81-2)28-17-31-87-64(79)66-27-16-43-91(5,6)89-92(88-90(3,4)42-15-26-65-54(76)44-86-45-55(77)78)74-60-50-22-11-12-23-51(50)62(74)71-58-48-20-9-10-21-49(48)59(68-58)72-63-53-25-14-13-24-52(53)61(75(63)92)70-57-47-19-8-7-18-46(47)56(67-57)69-60/h7-14,18-25H,15-17,26-45H2,1-6H3,(H,65,76)(H,66,79)(H,77,78)/b69-56-,69-60?,70-57?,70-61-,71-58-,71-62?,72-59?,72-63-. The number of fused-ring (bicyclic) bond motifs is 14. The van der Waals surface area contributed by atoms with Gasteiger partial charge in [-0.1, -0.05) is 97.1 Å². The molecule has 0 saturated carbocycles. The molecule has 4 aliphatic heterocycles. The number of carbonyl (C=O) groups is 3. The SMILES string of the molecule is COCCOCCOCCN(CCCOC(=O)NCCC[Si](C)(C)O[Si]1(O[Si](C)(C)CCCNC(=O)COCC(=O)O)n2c3c4ccccc4c2/N=C2N=C(/N=c4/c5ccccc5/c(n41)=N/C1=NC(=N\3)/c3ccccc31)c1ccccc1\2)CCOCCOCCOC. The van der Waals surface area contributed by atoms with E-state index < -0.39 is 50.1 Å². The first-order valence-corrected chi connectivity index (χ1v) is 39.3. The molecular formula is C64H83N11O14Si3. The van der Waals surface area contributed by atoms with Gasteiger partial charge in [0.05, 0.1) is 72.7 Å². The Morgan fingerprint density at radius 3 is 1.37 bits per heavy atom. The molecule has 0 spiro atoms. The van der Waals surface area contributed by atoms with Crippen molar-refractivity contribution in [3.63, 3.8) is 0 Å². The van der Waals surface area contributed by atoms with E-state index in [0.717, 1.165) is 43.8 Å². The topological polar surface area (TPSA) is 275 Å². The van der Waals surface area contributed by atoms with Gasteiger partial charge in [-0.15, -0.1) is 0 Å². The molecule has 2 amide bonds. The van der Waals surface area contributed by atoms with Crippen molar-refractivity contribution in [2.45, 2.75) is 57.5 Å². The number of ether oxygens (including phenoxy) is 8. The summed E-state index contributed by atoms with van der Waals surface area (Å²) in [6, 6.07) is 33.2. The lowest BCUT2D eigenvalue weighted by atomic mass is 10.1. The van der Waals surface area contributed by atoms with Crippen LogP contribution in [0, 0.1) is 0 Å². The van der Waals surface area contributed by atoms with E-state index in [4.69, 9.17) is 81.2 Å². The summed E-state index contributed by atoms with van der Waals surface area (Å²) in [7, 11) is -7.55. The van der Waals surface area contributed by atoms with Crippen molar-refractivity contribution < 1.29 is 65.6 Å². The highest BCUT2D eigenvalue weighted by molar-refractivity contribution is 6.88. The summed E-state index contributed by atoms with van der Waals surface area (Å²) in [5.41, 5.74) is 4.28. The van der Waals surface area contributed by atoms with E-state index in [1.165, 1.54) is 0 Å². The maximum atomic E-state index is 13.5. The van der Waals surface area contributed by atoms with Crippen LogP contribution in [-0.4, -0.2) is 218 Å². The van der Waals surface area contributed by atoms with E-state index in [2.05, 4.69) is 50.2 Å². The molecule has 28 heteroatoms. The predicted molar refractivity (Wildman–Crippen MR) is 356 cm³/mol. The van der Waals surface area contributed by atoms with Crippen LogP contribution in [0.2, 0.25) is 38.3 Å². The molecular weight excluding hydrogens is 1230 g/mol. The van der Waals surface area contributed by atoms with Gasteiger partial charge in [-0.05, 0) is 57.5 Å². The van der Waals surface area contributed by atoms with E-state index >= 15 is 0 Å². The lowest BCUT2D eigenvalue weighted by molar-refractivity contribution is -0.143. The Balaban J connectivity index is 0.969. The van der Waals surface area contributed by atoms with Crippen LogP contribution in [0.3, 0.4) is 0 Å². The van der Waals surface area contributed by atoms with Gasteiger partial charge in [0.1, 0.15) is 35.8 Å². The number of nitrogens with one attached hydrogen (secondary N) is 2. The largest absolute Gasteiger partial charge is 0.582 e. The molecule has 0 fully saturated rings. The number of amidine groups is 4. The van der Waals surface area contributed by atoms with Gasteiger partial charge in [0.25, 0.3) is 0 Å². The Morgan fingerprint density at radius 2 is 0.902 bits per heavy atom. The highest BCUT2D eigenvalue weighted by atomic mass is 28.5. The smallest absolute Gasteiger partial charge is 0.480 e. The fourth-order valence-corrected chi connectivity index (χ4v) is 23.9. The molecule has 4 aliphatic rings. The summed E-state index contributed by atoms with van der Waals surface area (Å²) in [6.45, 7) is 15.4. The van der Waals surface area contributed by atoms with E-state index in [-0.39, 0.29) is 19.8 Å². The van der Waals surface area contributed by atoms with Gasteiger partial charge >= 0.3 is 20.9 Å². The minimum absolute atomic E-state index is 0.206. The number of aliphatic carboxylic acids is 1.